The van der Waals surface area contributed by atoms with Crippen LogP contribution < -0.4 is 14.8 Å². The molecule has 1 unspecified atom stereocenters. The quantitative estimate of drug-likeness (QED) is 0.549. The minimum Gasteiger partial charge on any atom is -0.491 e. The Kier molecular flexibility index (Phi) is 6.97. The highest BCUT2D eigenvalue weighted by Crippen LogP contribution is 2.17. The number of hydrogen-bond acceptors (Lipinski definition) is 4. The fraction of sp³-hybridized carbons (Fsp3) is 0.208. The normalized spacial score (nSPS) is 12.1. The third kappa shape index (κ3) is 6.33. The van der Waals surface area contributed by atoms with E-state index in [1.807, 2.05) is 45.0 Å². The third-order valence-electron chi connectivity index (χ3n) is 4.63. The first-order valence-electron chi connectivity index (χ1n) is 9.93. The molecule has 0 bridgehead atoms. The van der Waals surface area contributed by atoms with Crippen molar-refractivity contribution in [1.29, 1.82) is 0 Å². The summed E-state index contributed by atoms with van der Waals surface area (Å²) in [6.07, 6.45) is 0. The van der Waals surface area contributed by atoms with E-state index in [1.54, 1.807) is 48.5 Å². The number of benzene rings is 3. The van der Waals surface area contributed by atoms with E-state index in [1.165, 1.54) is 0 Å². The number of amides is 1. The predicted octanol–water partition coefficient (Wildman–Crippen LogP) is 4.30. The largest absolute Gasteiger partial charge is 0.491 e. The zero-order chi connectivity index (χ0) is 22.4. The molecule has 31 heavy (non-hydrogen) atoms. The van der Waals surface area contributed by atoms with Gasteiger partial charge in [-0.15, -0.1) is 0 Å². The van der Waals surface area contributed by atoms with Gasteiger partial charge in [0.2, 0.25) is 0 Å². The van der Waals surface area contributed by atoms with Crippen molar-refractivity contribution in [1.82, 2.24) is 5.32 Å². The minimum absolute atomic E-state index is 0.183. The van der Waals surface area contributed by atoms with Gasteiger partial charge in [-0.3, -0.25) is 9.52 Å². The molecule has 1 amide bonds. The van der Waals surface area contributed by atoms with Crippen LogP contribution in [-0.2, 0) is 10.0 Å². The maximum absolute atomic E-state index is 12.5. The van der Waals surface area contributed by atoms with Crippen LogP contribution in [0.2, 0.25) is 0 Å². The summed E-state index contributed by atoms with van der Waals surface area (Å²) < 4.78 is 33.2. The molecular weight excluding hydrogens is 412 g/mol. The molecule has 2 N–H and O–H groups in total. The predicted molar refractivity (Wildman–Crippen MR) is 122 cm³/mol. The van der Waals surface area contributed by atoms with Gasteiger partial charge in [-0.05, 0) is 69.3 Å². The molecule has 3 aromatic carbocycles. The topological polar surface area (TPSA) is 84.5 Å². The number of rotatable bonds is 8. The van der Waals surface area contributed by atoms with Gasteiger partial charge in [0.25, 0.3) is 15.9 Å². The van der Waals surface area contributed by atoms with Gasteiger partial charge in [0, 0.05) is 11.3 Å². The zero-order valence-corrected chi connectivity index (χ0v) is 18.6. The van der Waals surface area contributed by atoms with Crippen molar-refractivity contribution in [2.45, 2.75) is 31.7 Å². The Hall–Kier alpha value is -3.32. The lowest BCUT2D eigenvalue weighted by molar-refractivity contribution is 0.0926. The Morgan fingerprint density at radius 3 is 2.00 bits per heavy atom. The molecule has 0 aliphatic rings. The van der Waals surface area contributed by atoms with Gasteiger partial charge < -0.3 is 10.1 Å². The van der Waals surface area contributed by atoms with Crippen molar-refractivity contribution in [3.05, 3.63) is 89.5 Å². The second kappa shape index (κ2) is 9.66. The number of hydrogen-bond donors (Lipinski definition) is 2. The van der Waals surface area contributed by atoms with E-state index in [4.69, 9.17) is 4.74 Å². The lowest BCUT2D eigenvalue weighted by Gasteiger charge is -2.15. The van der Waals surface area contributed by atoms with E-state index in [0.717, 1.165) is 16.9 Å². The van der Waals surface area contributed by atoms with Crippen molar-refractivity contribution in [3.8, 4) is 5.75 Å². The molecule has 0 aromatic heterocycles. The van der Waals surface area contributed by atoms with Crippen molar-refractivity contribution in [2.75, 3.05) is 11.3 Å². The summed E-state index contributed by atoms with van der Waals surface area (Å²) in [7, 11) is -3.69. The lowest BCUT2D eigenvalue weighted by atomic mass is 10.2. The molecule has 1 atom stereocenters. The van der Waals surface area contributed by atoms with Gasteiger partial charge in [0.1, 0.15) is 12.4 Å². The Morgan fingerprint density at radius 2 is 1.42 bits per heavy atom. The summed E-state index contributed by atoms with van der Waals surface area (Å²) in [5.41, 5.74) is 2.94. The van der Waals surface area contributed by atoms with E-state index in [-0.39, 0.29) is 16.8 Å². The smallest absolute Gasteiger partial charge is 0.261 e. The molecule has 7 heteroatoms. The number of nitrogens with one attached hydrogen (secondary N) is 2. The van der Waals surface area contributed by atoms with E-state index in [0.29, 0.717) is 17.9 Å². The summed E-state index contributed by atoms with van der Waals surface area (Å²) in [5, 5.41) is 2.87. The molecule has 3 aromatic rings. The van der Waals surface area contributed by atoms with Crippen molar-refractivity contribution < 1.29 is 17.9 Å². The van der Waals surface area contributed by atoms with Gasteiger partial charge in [0.05, 0.1) is 10.9 Å². The molecule has 162 valence electrons. The maximum atomic E-state index is 12.5. The van der Waals surface area contributed by atoms with Crippen LogP contribution >= 0.6 is 0 Å². The molecule has 0 heterocycles. The first kappa shape index (κ1) is 22.4. The van der Waals surface area contributed by atoms with Gasteiger partial charge >= 0.3 is 0 Å². The van der Waals surface area contributed by atoms with Crippen LogP contribution in [0.25, 0.3) is 0 Å². The van der Waals surface area contributed by atoms with Crippen LogP contribution in [0.5, 0.6) is 5.75 Å². The highest BCUT2D eigenvalue weighted by molar-refractivity contribution is 7.92. The van der Waals surface area contributed by atoms with Gasteiger partial charge in [-0.2, -0.15) is 0 Å². The first-order chi connectivity index (χ1) is 14.7. The number of anilines is 1. The van der Waals surface area contributed by atoms with E-state index in [9.17, 15) is 13.2 Å². The second-order valence-electron chi connectivity index (χ2n) is 7.49. The van der Waals surface area contributed by atoms with Gasteiger partial charge in [0.15, 0.2) is 0 Å². The number of ether oxygens (including phenoxy) is 1. The van der Waals surface area contributed by atoms with Crippen molar-refractivity contribution in [2.24, 2.45) is 0 Å². The van der Waals surface area contributed by atoms with Crippen LogP contribution in [0, 0.1) is 13.8 Å². The van der Waals surface area contributed by atoms with E-state index in [2.05, 4.69) is 10.0 Å². The van der Waals surface area contributed by atoms with Gasteiger partial charge in [-0.25, -0.2) is 8.42 Å². The average molecular weight is 439 g/mol. The van der Waals surface area contributed by atoms with Crippen LogP contribution in [0.1, 0.15) is 28.4 Å². The van der Waals surface area contributed by atoms with Gasteiger partial charge in [-0.1, -0.05) is 35.4 Å². The maximum Gasteiger partial charge on any atom is 0.261 e. The number of carbonyl (C=O) groups excluding carboxylic acids is 1. The molecule has 0 aliphatic carbocycles. The molecule has 3 rings (SSSR count). The zero-order valence-electron chi connectivity index (χ0n) is 17.8. The SMILES string of the molecule is Cc1ccc(OCC(C)NC(=O)c2ccc(NS(=O)(=O)c3ccc(C)cc3)cc2)cc1. The Bertz CT molecular complexity index is 1120. The lowest BCUT2D eigenvalue weighted by Crippen LogP contribution is -2.36. The molecule has 0 spiro atoms. The Morgan fingerprint density at radius 1 is 0.871 bits per heavy atom. The number of sulfonamides is 1. The minimum atomic E-state index is -3.69. The van der Waals surface area contributed by atoms with Crippen LogP contribution in [0.3, 0.4) is 0 Å². The van der Waals surface area contributed by atoms with Crippen LogP contribution in [0.4, 0.5) is 5.69 Å². The van der Waals surface area contributed by atoms with Crippen LogP contribution in [0.15, 0.2) is 77.7 Å². The van der Waals surface area contributed by atoms with Crippen molar-refractivity contribution >= 4 is 21.6 Å². The first-order valence-corrected chi connectivity index (χ1v) is 11.4. The fourth-order valence-electron chi connectivity index (χ4n) is 2.83. The third-order valence-corrected chi connectivity index (χ3v) is 6.03. The standard InChI is InChI=1S/C24H26N2O4S/c1-17-4-12-22(13-5-17)30-16-19(3)25-24(27)20-8-10-21(11-9-20)26-31(28,29)23-14-6-18(2)7-15-23/h4-15,19,26H,16H2,1-3H3,(H,25,27). The Balaban J connectivity index is 1.55. The molecule has 0 radical (unpaired) electrons. The van der Waals surface area contributed by atoms with Crippen LogP contribution in [-0.4, -0.2) is 27.0 Å². The molecule has 0 saturated carbocycles. The number of carbonyl (C=O) groups is 1. The average Bonchev–Trinajstić information content (AvgIpc) is 2.74. The summed E-state index contributed by atoms with van der Waals surface area (Å²) >= 11 is 0. The summed E-state index contributed by atoms with van der Waals surface area (Å²) in [6, 6.07) is 20.4. The highest BCUT2D eigenvalue weighted by atomic mass is 32.2. The summed E-state index contributed by atoms with van der Waals surface area (Å²) in [6.45, 7) is 6.09. The second-order valence-corrected chi connectivity index (χ2v) is 9.18. The summed E-state index contributed by atoms with van der Waals surface area (Å²) in [4.78, 5) is 12.6. The monoisotopic (exact) mass is 438 g/mol. The summed E-state index contributed by atoms with van der Waals surface area (Å²) in [5.74, 6) is 0.491. The molecular formula is C24H26N2O4S. The van der Waals surface area contributed by atoms with Crippen molar-refractivity contribution in [3.63, 3.8) is 0 Å². The fourth-order valence-corrected chi connectivity index (χ4v) is 3.88. The van der Waals surface area contributed by atoms with E-state index < -0.39 is 10.0 Å². The van der Waals surface area contributed by atoms with E-state index >= 15 is 0 Å². The highest BCUT2D eigenvalue weighted by Gasteiger charge is 2.15. The molecule has 0 saturated heterocycles. The Labute approximate surface area is 183 Å². The molecule has 6 nitrogen and oxygen atoms in total. The molecule has 0 fully saturated rings. The molecule has 0 aliphatic heterocycles. The number of aryl methyl sites for hydroxylation is 2.